The van der Waals surface area contributed by atoms with Gasteiger partial charge in [0.15, 0.2) is 0 Å². The van der Waals surface area contributed by atoms with Crippen LogP contribution in [0.15, 0.2) is 46.9 Å². The van der Waals surface area contributed by atoms with Crippen LogP contribution in [0.5, 0.6) is 0 Å². The molecular formula is C19H19BrClFN2O2. The summed E-state index contributed by atoms with van der Waals surface area (Å²) < 4.78 is 19.4. The van der Waals surface area contributed by atoms with E-state index in [0.717, 1.165) is 18.7 Å². The molecule has 0 radical (unpaired) electrons. The molecule has 4 nitrogen and oxygen atoms in total. The van der Waals surface area contributed by atoms with E-state index in [1.54, 1.807) is 6.07 Å². The minimum atomic E-state index is -0.458. The van der Waals surface area contributed by atoms with E-state index in [-0.39, 0.29) is 11.9 Å². The normalized spacial score (nSPS) is 16.3. The SMILES string of the molecule is O=C(NCC(c1ccc(Cl)cc1)N1CCOCC1)c1ccc(Br)c(F)c1. The van der Waals surface area contributed by atoms with Gasteiger partial charge in [-0.2, -0.15) is 0 Å². The van der Waals surface area contributed by atoms with E-state index in [2.05, 4.69) is 26.1 Å². The van der Waals surface area contributed by atoms with E-state index in [0.29, 0.717) is 34.8 Å². The highest BCUT2D eigenvalue weighted by Gasteiger charge is 2.23. The van der Waals surface area contributed by atoms with Gasteiger partial charge in [0.1, 0.15) is 5.82 Å². The molecule has 1 N–H and O–H groups in total. The standard InChI is InChI=1S/C19H19BrClFN2O2/c20-16-6-3-14(11-17(16)22)19(25)23-12-18(24-7-9-26-10-8-24)13-1-4-15(21)5-2-13/h1-6,11,18H,7-10,12H2,(H,23,25). The fourth-order valence-corrected chi connectivity index (χ4v) is 3.33. The number of hydrogen-bond acceptors (Lipinski definition) is 3. The number of benzene rings is 2. The highest BCUT2D eigenvalue weighted by molar-refractivity contribution is 9.10. The molecule has 0 aliphatic carbocycles. The van der Waals surface area contributed by atoms with Crippen LogP contribution >= 0.6 is 27.5 Å². The Bertz CT molecular complexity index is 767. The van der Waals surface area contributed by atoms with Crippen molar-refractivity contribution in [3.05, 3.63) is 68.9 Å². The first-order valence-corrected chi connectivity index (χ1v) is 9.52. The van der Waals surface area contributed by atoms with Crippen molar-refractivity contribution in [1.29, 1.82) is 0 Å². The molecule has 1 aliphatic rings. The van der Waals surface area contributed by atoms with Crippen LogP contribution in [0, 0.1) is 5.82 Å². The number of carbonyl (C=O) groups excluding carboxylic acids is 1. The Hall–Kier alpha value is -1.47. The van der Waals surface area contributed by atoms with E-state index >= 15 is 0 Å². The zero-order chi connectivity index (χ0) is 18.5. The Labute approximate surface area is 165 Å². The van der Waals surface area contributed by atoms with Crippen LogP contribution in [0.25, 0.3) is 0 Å². The number of ether oxygens (including phenoxy) is 1. The van der Waals surface area contributed by atoms with Gasteiger partial charge in [-0.05, 0) is 51.8 Å². The summed E-state index contributed by atoms with van der Waals surface area (Å²) in [5.74, 6) is -0.760. The first kappa shape index (κ1) is 19.3. The summed E-state index contributed by atoms with van der Waals surface area (Å²) in [5.41, 5.74) is 1.36. The van der Waals surface area contributed by atoms with Gasteiger partial charge >= 0.3 is 0 Å². The van der Waals surface area contributed by atoms with Gasteiger partial charge < -0.3 is 10.1 Å². The third-order valence-corrected chi connectivity index (χ3v) is 5.27. The molecule has 3 rings (SSSR count). The van der Waals surface area contributed by atoms with Crippen LogP contribution in [-0.2, 0) is 4.74 Å². The molecular weight excluding hydrogens is 423 g/mol. The summed E-state index contributed by atoms with van der Waals surface area (Å²) >= 11 is 9.09. The molecule has 2 aromatic carbocycles. The number of rotatable bonds is 5. The molecule has 0 saturated carbocycles. The van der Waals surface area contributed by atoms with E-state index in [1.807, 2.05) is 24.3 Å². The molecule has 138 valence electrons. The van der Waals surface area contributed by atoms with Crippen LogP contribution in [0.1, 0.15) is 22.0 Å². The molecule has 1 aliphatic heterocycles. The lowest BCUT2D eigenvalue weighted by molar-refractivity contribution is 0.0162. The highest BCUT2D eigenvalue weighted by Crippen LogP contribution is 2.23. The lowest BCUT2D eigenvalue weighted by Crippen LogP contribution is -2.43. The summed E-state index contributed by atoms with van der Waals surface area (Å²) in [6.07, 6.45) is 0. The summed E-state index contributed by atoms with van der Waals surface area (Å²) in [4.78, 5) is 14.7. The third kappa shape index (κ3) is 4.82. The topological polar surface area (TPSA) is 41.6 Å². The van der Waals surface area contributed by atoms with E-state index in [1.165, 1.54) is 12.1 Å². The molecule has 0 bridgehead atoms. The maximum Gasteiger partial charge on any atom is 0.251 e. The fraction of sp³-hybridized carbons (Fsp3) is 0.316. The number of morpholine rings is 1. The van der Waals surface area contributed by atoms with Gasteiger partial charge in [-0.1, -0.05) is 23.7 Å². The number of halogens is 3. The third-order valence-electron chi connectivity index (χ3n) is 4.38. The lowest BCUT2D eigenvalue weighted by atomic mass is 10.0. The number of hydrogen-bond donors (Lipinski definition) is 1. The van der Waals surface area contributed by atoms with Crippen molar-refractivity contribution in [3.63, 3.8) is 0 Å². The summed E-state index contributed by atoms with van der Waals surface area (Å²) in [6.45, 7) is 3.32. The van der Waals surface area contributed by atoms with E-state index < -0.39 is 5.82 Å². The van der Waals surface area contributed by atoms with Crippen molar-refractivity contribution in [2.75, 3.05) is 32.8 Å². The van der Waals surface area contributed by atoms with Crippen molar-refractivity contribution in [2.45, 2.75) is 6.04 Å². The van der Waals surface area contributed by atoms with Crippen LogP contribution in [-0.4, -0.2) is 43.7 Å². The molecule has 1 heterocycles. The molecule has 1 fully saturated rings. The maximum atomic E-state index is 13.7. The summed E-state index contributed by atoms with van der Waals surface area (Å²) in [5, 5.41) is 3.59. The van der Waals surface area contributed by atoms with Crippen LogP contribution < -0.4 is 5.32 Å². The first-order chi connectivity index (χ1) is 12.5. The molecule has 1 unspecified atom stereocenters. The van der Waals surface area contributed by atoms with Crippen LogP contribution in [0.2, 0.25) is 5.02 Å². The molecule has 1 amide bonds. The van der Waals surface area contributed by atoms with E-state index in [4.69, 9.17) is 16.3 Å². The maximum absolute atomic E-state index is 13.7. The van der Waals surface area contributed by atoms with Crippen LogP contribution in [0.4, 0.5) is 4.39 Å². The number of carbonyl (C=O) groups is 1. The Morgan fingerprint density at radius 1 is 1.23 bits per heavy atom. The molecule has 1 saturated heterocycles. The molecule has 7 heteroatoms. The monoisotopic (exact) mass is 440 g/mol. The predicted octanol–water partition coefficient (Wildman–Crippen LogP) is 4.04. The minimum Gasteiger partial charge on any atom is -0.379 e. The fourth-order valence-electron chi connectivity index (χ4n) is 2.96. The minimum absolute atomic E-state index is 0.000381. The molecule has 26 heavy (non-hydrogen) atoms. The number of nitrogens with one attached hydrogen (secondary N) is 1. The Kier molecular flexibility index (Phi) is 6.64. The summed E-state index contributed by atoms with van der Waals surface area (Å²) in [6, 6.07) is 12.0. The van der Waals surface area contributed by atoms with Gasteiger partial charge in [-0.3, -0.25) is 9.69 Å². The van der Waals surface area contributed by atoms with Gasteiger partial charge in [0.25, 0.3) is 5.91 Å². The van der Waals surface area contributed by atoms with Crippen molar-refractivity contribution < 1.29 is 13.9 Å². The van der Waals surface area contributed by atoms with Gasteiger partial charge in [0, 0.05) is 30.2 Å². The molecule has 0 spiro atoms. The number of nitrogens with zero attached hydrogens (tertiary/aromatic N) is 1. The number of amides is 1. The summed E-state index contributed by atoms with van der Waals surface area (Å²) in [7, 11) is 0. The van der Waals surface area contributed by atoms with Gasteiger partial charge in [0.05, 0.1) is 23.7 Å². The quantitative estimate of drug-likeness (QED) is 0.761. The predicted molar refractivity (Wildman–Crippen MR) is 103 cm³/mol. The average Bonchev–Trinajstić information content (AvgIpc) is 2.66. The lowest BCUT2D eigenvalue weighted by Gasteiger charge is -2.35. The second-order valence-corrected chi connectivity index (χ2v) is 7.35. The molecule has 2 aromatic rings. The first-order valence-electron chi connectivity index (χ1n) is 8.35. The average molecular weight is 442 g/mol. The smallest absolute Gasteiger partial charge is 0.251 e. The Morgan fingerprint density at radius 2 is 1.92 bits per heavy atom. The van der Waals surface area contributed by atoms with Crippen molar-refractivity contribution in [1.82, 2.24) is 10.2 Å². The second-order valence-electron chi connectivity index (χ2n) is 6.05. The van der Waals surface area contributed by atoms with Crippen molar-refractivity contribution in [3.8, 4) is 0 Å². The van der Waals surface area contributed by atoms with Crippen molar-refractivity contribution >= 4 is 33.4 Å². The van der Waals surface area contributed by atoms with Crippen LogP contribution in [0.3, 0.4) is 0 Å². The molecule has 1 atom stereocenters. The Morgan fingerprint density at radius 3 is 2.58 bits per heavy atom. The second kappa shape index (κ2) is 8.95. The molecule has 0 aromatic heterocycles. The highest BCUT2D eigenvalue weighted by atomic mass is 79.9. The van der Waals surface area contributed by atoms with Gasteiger partial charge in [-0.25, -0.2) is 4.39 Å². The van der Waals surface area contributed by atoms with Gasteiger partial charge in [-0.15, -0.1) is 0 Å². The zero-order valence-corrected chi connectivity index (χ0v) is 16.4. The Balaban J connectivity index is 1.73. The van der Waals surface area contributed by atoms with Gasteiger partial charge in [0.2, 0.25) is 0 Å². The largest absolute Gasteiger partial charge is 0.379 e. The van der Waals surface area contributed by atoms with E-state index in [9.17, 15) is 9.18 Å². The van der Waals surface area contributed by atoms with Crippen molar-refractivity contribution in [2.24, 2.45) is 0 Å². The zero-order valence-electron chi connectivity index (χ0n) is 14.1.